The molecule has 0 fully saturated rings. The van der Waals surface area contributed by atoms with Gasteiger partial charge in [0.15, 0.2) is 11.2 Å². The van der Waals surface area contributed by atoms with Crippen molar-refractivity contribution >= 4 is 55.8 Å². The van der Waals surface area contributed by atoms with Crippen LogP contribution in [0.4, 0.5) is 5.69 Å². The van der Waals surface area contributed by atoms with E-state index in [9.17, 15) is 4.79 Å². The number of thiophene rings is 1. The summed E-state index contributed by atoms with van der Waals surface area (Å²) in [6.07, 6.45) is 1.67. The molecule has 0 unspecified atom stereocenters. The van der Waals surface area contributed by atoms with E-state index in [0.717, 1.165) is 21.2 Å². The van der Waals surface area contributed by atoms with E-state index in [-0.39, 0.29) is 5.91 Å². The summed E-state index contributed by atoms with van der Waals surface area (Å²) < 4.78 is 6.81. The Morgan fingerprint density at radius 2 is 1.97 bits per heavy atom. The molecule has 0 saturated heterocycles. The van der Waals surface area contributed by atoms with Crippen molar-refractivity contribution in [3.63, 3.8) is 0 Å². The lowest BCUT2D eigenvalue weighted by Gasteiger charge is -2.10. The van der Waals surface area contributed by atoms with Gasteiger partial charge in [0.05, 0.1) is 5.02 Å². The minimum absolute atomic E-state index is 0.240. The van der Waals surface area contributed by atoms with Gasteiger partial charge in [-0.3, -0.25) is 4.79 Å². The van der Waals surface area contributed by atoms with Crippen molar-refractivity contribution in [1.29, 1.82) is 0 Å². The minimum Gasteiger partial charge on any atom is -0.434 e. The van der Waals surface area contributed by atoms with Gasteiger partial charge in [0.25, 0.3) is 5.91 Å². The van der Waals surface area contributed by atoms with Crippen LogP contribution in [0.5, 0.6) is 0 Å². The van der Waals surface area contributed by atoms with Crippen LogP contribution in [0.2, 0.25) is 5.02 Å². The summed E-state index contributed by atoms with van der Waals surface area (Å²) in [6.45, 7) is 1.92. The van der Waals surface area contributed by atoms with E-state index < -0.39 is 0 Å². The largest absolute Gasteiger partial charge is 0.434 e. The summed E-state index contributed by atoms with van der Waals surface area (Å²) in [5.74, 6) is 0.225. The molecule has 5 nitrogen and oxygen atoms in total. The summed E-state index contributed by atoms with van der Waals surface area (Å²) in [7, 11) is 0. The van der Waals surface area contributed by atoms with Crippen molar-refractivity contribution in [1.82, 2.24) is 9.97 Å². The van der Waals surface area contributed by atoms with Gasteiger partial charge in [-0.1, -0.05) is 35.9 Å². The number of amides is 1. The fraction of sp³-hybridized carbons (Fsp3) is 0.0455. The molecule has 5 rings (SSSR count). The molecular weight excluding hydrogens is 406 g/mol. The number of hydrogen-bond donors (Lipinski definition) is 1. The number of hydrogen-bond acceptors (Lipinski definition) is 5. The van der Waals surface area contributed by atoms with Crippen LogP contribution in [-0.2, 0) is 0 Å². The Hall–Kier alpha value is -3.22. The molecule has 142 valence electrons. The third-order valence-corrected chi connectivity index (χ3v) is 6.39. The Kier molecular flexibility index (Phi) is 4.30. The van der Waals surface area contributed by atoms with Gasteiger partial charge in [-0.15, -0.1) is 11.3 Å². The number of benzene rings is 2. The van der Waals surface area contributed by atoms with Crippen LogP contribution >= 0.6 is 22.9 Å². The zero-order chi connectivity index (χ0) is 20.0. The highest BCUT2D eigenvalue weighted by Gasteiger charge is 2.19. The third-order valence-electron chi connectivity index (χ3n) is 4.72. The highest BCUT2D eigenvalue weighted by Crippen LogP contribution is 2.36. The molecule has 0 spiro atoms. The zero-order valence-electron chi connectivity index (χ0n) is 15.3. The first kappa shape index (κ1) is 17.8. The van der Waals surface area contributed by atoms with E-state index in [2.05, 4.69) is 15.3 Å². The highest BCUT2D eigenvalue weighted by molar-refractivity contribution is 7.21. The quantitative estimate of drug-likeness (QED) is 0.371. The molecule has 0 aliphatic heterocycles. The standard InChI is InChI=1S/C22H14ClN3O2S/c1-12-13(22-26-20-16(28-22)9-5-11-24-20)7-4-8-15(12)25-21(27)19-18(23)14-6-2-3-10-17(14)29-19/h2-11H,1H3,(H,25,27). The number of rotatable bonds is 3. The molecule has 0 aliphatic rings. The fourth-order valence-corrected chi connectivity index (χ4v) is 4.64. The van der Waals surface area contributed by atoms with Gasteiger partial charge in [0.1, 0.15) is 4.88 Å². The van der Waals surface area contributed by atoms with Crippen molar-refractivity contribution < 1.29 is 9.21 Å². The highest BCUT2D eigenvalue weighted by atomic mass is 35.5. The Morgan fingerprint density at radius 1 is 1.10 bits per heavy atom. The van der Waals surface area contributed by atoms with E-state index >= 15 is 0 Å². The molecule has 0 aliphatic carbocycles. The molecule has 0 atom stereocenters. The molecule has 0 radical (unpaired) electrons. The van der Waals surface area contributed by atoms with E-state index in [0.29, 0.717) is 32.7 Å². The van der Waals surface area contributed by atoms with Crippen LogP contribution in [0.1, 0.15) is 15.2 Å². The SMILES string of the molecule is Cc1c(NC(=O)c2sc3ccccc3c2Cl)cccc1-c1nc2ncccc2o1. The summed E-state index contributed by atoms with van der Waals surface area (Å²) in [5.41, 5.74) is 3.49. The number of oxazole rings is 1. The van der Waals surface area contributed by atoms with Gasteiger partial charge in [-0.05, 0) is 42.8 Å². The number of anilines is 1. The third kappa shape index (κ3) is 3.06. The predicted molar refractivity (Wildman–Crippen MR) is 117 cm³/mol. The first-order valence-corrected chi connectivity index (χ1v) is 10.1. The van der Waals surface area contributed by atoms with Gasteiger partial charge in [-0.25, -0.2) is 4.98 Å². The lowest BCUT2D eigenvalue weighted by atomic mass is 10.1. The number of halogens is 1. The van der Waals surface area contributed by atoms with Crippen molar-refractivity contribution in [3.8, 4) is 11.5 Å². The lowest BCUT2D eigenvalue weighted by molar-refractivity contribution is 0.103. The maximum absolute atomic E-state index is 12.9. The van der Waals surface area contributed by atoms with Crippen molar-refractivity contribution in [2.75, 3.05) is 5.32 Å². The van der Waals surface area contributed by atoms with Crippen molar-refractivity contribution in [2.45, 2.75) is 6.92 Å². The van der Waals surface area contributed by atoms with Crippen LogP contribution in [0.3, 0.4) is 0 Å². The second-order valence-electron chi connectivity index (χ2n) is 6.52. The molecule has 3 heterocycles. The van der Waals surface area contributed by atoms with E-state index in [1.807, 2.05) is 55.5 Å². The zero-order valence-corrected chi connectivity index (χ0v) is 16.8. The molecule has 2 aromatic carbocycles. The average Bonchev–Trinajstić information content (AvgIpc) is 3.31. The van der Waals surface area contributed by atoms with Gasteiger partial charge in [-0.2, -0.15) is 4.98 Å². The summed E-state index contributed by atoms with van der Waals surface area (Å²) in [6, 6.07) is 16.9. The average molecular weight is 420 g/mol. The van der Waals surface area contributed by atoms with Gasteiger partial charge >= 0.3 is 0 Å². The molecule has 1 N–H and O–H groups in total. The van der Waals surface area contributed by atoms with Gasteiger partial charge in [0, 0.05) is 27.5 Å². The number of nitrogens with zero attached hydrogens (tertiary/aromatic N) is 2. The number of nitrogens with one attached hydrogen (secondary N) is 1. The van der Waals surface area contributed by atoms with E-state index in [1.54, 1.807) is 12.3 Å². The van der Waals surface area contributed by atoms with Crippen LogP contribution < -0.4 is 5.32 Å². The Morgan fingerprint density at radius 3 is 2.79 bits per heavy atom. The fourth-order valence-electron chi connectivity index (χ4n) is 3.23. The summed E-state index contributed by atoms with van der Waals surface area (Å²) in [5, 5.41) is 4.33. The monoisotopic (exact) mass is 419 g/mol. The molecule has 0 bridgehead atoms. The maximum atomic E-state index is 12.9. The van der Waals surface area contributed by atoms with Gasteiger partial charge < -0.3 is 9.73 Å². The number of carbonyl (C=O) groups is 1. The van der Waals surface area contributed by atoms with Crippen LogP contribution in [0.25, 0.3) is 32.8 Å². The van der Waals surface area contributed by atoms with Crippen LogP contribution in [0.15, 0.2) is 65.2 Å². The molecule has 5 aromatic rings. The van der Waals surface area contributed by atoms with Crippen molar-refractivity contribution in [2.24, 2.45) is 0 Å². The Bertz CT molecular complexity index is 1360. The van der Waals surface area contributed by atoms with E-state index in [1.165, 1.54) is 11.3 Å². The molecule has 1 amide bonds. The number of pyridine rings is 1. The molecule has 7 heteroatoms. The smallest absolute Gasteiger partial charge is 0.267 e. The molecule has 3 aromatic heterocycles. The topological polar surface area (TPSA) is 68.0 Å². The first-order valence-electron chi connectivity index (χ1n) is 8.92. The number of aromatic nitrogens is 2. The normalized spacial score (nSPS) is 11.2. The second-order valence-corrected chi connectivity index (χ2v) is 7.95. The van der Waals surface area contributed by atoms with E-state index in [4.69, 9.17) is 16.0 Å². The summed E-state index contributed by atoms with van der Waals surface area (Å²) in [4.78, 5) is 22.1. The molecular formula is C22H14ClN3O2S. The second kappa shape index (κ2) is 6.99. The number of carbonyl (C=O) groups excluding carboxylic acids is 1. The Balaban J connectivity index is 1.51. The summed E-state index contributed by atoms with van der Waals surface area (Å²) >= 11 is 7.83. The molecule has 0 saturated carbocycles. The van der Waals surface area contributed by atoms with Crippen molar-refractivity contribution in [3.05, 3.63) is 76.3 Å². The van der Waals surface area contributed by atoms with Gasteiger partial charge in [0.2, 0.25) is 5.89 Å². The number of fused-ring (bicyclic) bond motifs is 2. The minimum atomic E-state index is -0.240. The maximum Gasteiger partial charge on any atom is 0.267 e. The first-order chi connectivity index (χ1) is 14.1. The predicted octanol–water partition coefficient (Wildman–Crippen LogP) is 6.32. The molecule has 29 heavy (non-hydrogen) atoms. The van der Waals surface area contributed by atoms with Crippen LogP contribution in [-0.4, -0.2) is 15.9 Å². The lowest BCUT2D eigenvalue weighted by Crippen LogP contribution is -2.12. The van der Waals surface area contributed by atoms with Crippen LogP contribution in [0, 0.1) is 6.92 Å². The Labute approximate surface area is 175 Å².